The molecule has 0 bridgehead atoms. The monoisotopic (exact) mass is 544 g/mol. The highest BCUT2D eigenvalue weighted by molar-refractivity contribution is 7.15. The van der Waals surface area contributed by atoms with Crippen LogP contribution in [-0.2, 0) is 12.7 Å². The van der Waals surface area contributed by atoms with Gasteiger partial charge in [0.05, 0.1) is 5.56 Å². The maximum Gasteiger partial charge on any atom is 0.416 e. The first-order chi connectivity index (χ1) is 18.1. The van der Waals surface area contributed by atoms with E-state index < -0.39 is 17.7 Å². The molecule has 0 atom stereocenters. The Morgan fingerprint density at radius 3 is 2.50 bits per heavy atom. The molecule has 1 aliphatic rings. The Labute approximate surface area is 221 Å². The van der Waals surface area contributed by atoms with E-state index in [9.17, 15) is 23.1 Å². The van der Waals surface area contributed by atoms with Gasteiger partial charge in [-0.15, -0.1) is 11.3 Å². The predicted octanol–water partition coefficient (Wildman–Crippen LogP) is 6.44. The zero-order valence-electron chi connectivity index (χ0n) is 20.9. The molecule has 12 heteroatoms. The zero-order valence-corrected chi connectivity index (χ0v) is 21.7. The number of thiazole rings is 1. The number of alkyl halides is 3. The molecule has 0 amide bonds. The van der Waals surface area contributed by atoms with Crippen molar-refractivity contribution >= 4 is 34.3 Å². The van der Waals surface area contributed by atoms with Crippen molar-refractivity contribution in [3.05, 3.63) is 52.3 Å². The zero-order chi connectivity index (χ0) is 27.0. The van der Waals surface area contributed by atoms with E-state index in [0.29, 0.717) is 40.2 Å². The van der Waals surface area contributed by atoms with Crippen molar-refractivity contribution in [1.29, 1.82) is 0 Å². The summed E-state index contributed by atoms with van der Waals surface area (Å²) in [7, 11) is 0. The van der Waals surface area contributed by atoms with E-state index in [0.717, 1.165) is 23.4 Å². The summed E-state index contributed by atoms with van der Waals surface area (Å²) in [5.41, 5.74) is 0.555. The molecule has 0 radical (unpaired) electrons. The Morgan fingerprint density at radius 1 is 1.18 bits per heavy atom. The van der Waals surface area contributed by atoms with Crippen LogP contribution < -0.4 is 5.32 Å². The number of imidazole rings is 1. The second kappa shape index (κ2) is 10.3. The summed E-state index contributed by atoms with van der Waals surface area (Å²) < 4.78 is 41.2. The Kier molecular flexibility index (Phi) is 7.08. The standard InChI is InChI=1S/C26H27F3N6O2S/c1-14(2)18-12-31-24(38-18)23-34-21-19(35(23)13-16-6-8-17(9-7-16)26(27,28)29)20(32-22(33-21)25(36)37)30-11-10-15-4-3-5-15/h6-9,12,14-15H,3-5,10-11,13H2,1-2H3,(H,36,37)(H,30,32,33). The number of anilines is 1. The van der Waals surface area contributed by atoms with Gasteiger partial charge in [-0.1, -0.05) is 45.2 Å². The summed E-state index contributed by atoms with van der Waals surface area (Å²) in [6, 6.07) is 4.95. The van der Waals surface area contributed by atoms with Crippen LogP contribution in [0.3, 0.4) is 0 Å². The first kappa shape index (κ1) is 26.1. The summed E-state index contributed by atoms with van der Waals surface area (Å²) in [4.78, 5) is 30.5. The molecule has 4 aromatic rings. The lowest BCUT2D eigenvalue weighted by molar-refractivity contribution is -0.137. The number of carboxylic acids is 1. The van der Waals surface area contributed by atoms with Crippen LogP contribution in [0.25, 0.3) is 22.0 Å². The van der Waals surface area contributed by atoms with Crippen LogP contribution in [0.15, 0.2) is 30.5 Å². The normalized spacial score (nSPS) is 14.3. The van der Waals surface area contributed by atoms with Crippen LogP contribution in [-0.4, -0.2) is 42.1 Å². The highest BCUT2D eigenvalue weighted by atomic mass is 32.1. The molecule has 8 nitrogen and oxygen atoms in total. The van der Waals surface area contributed by atoms with Crippen molar-refractivity contribution in [2.75, 3.05) is 11.9 Å². The lowest BCUT2D eigenvalue weighted by Crippen LogP contribution is -2.17. The molecule has 3 heterocycles. The van der Waals surface area contributed by atoms with E-state index >= 15 is 0 Å². The molecule has 0 unspecified atom stereocenters. The molecule has 1 aromatic carbocycles. The van der Waals surface area contributed by atoms with Crippen LogP contribution in [0.1, 0.15) is 72.1 Å². The van der Waals surface area contributed by atoms with E-state index in [4.69, 9.17) is 0 Å². The second-order valence-electron chi connectivity index (χ2n) is 9.82. The molecular formula is C26H27F3N6O2S. The number of aromatic nitrogens is 5. The smallest absolute Gasteiger partial charge is 0.416 e. The lowest BCUT2D eigenvalue weighted by atomic mass is 9.83. The van der Waals surface area contributed by atoms with Crippen LogP contribution in [0, 0.1) is 5.92 Å². The van der Waals surface area contributed by atoms with Crippen LogP contribution >= 0.6 is 11.3 Å². The van der Waals surface area contributed by atoms with Crippen LogP contribution in [0.4, 0.5) is 19.0 Å². The van der Waals surface area contributed by atoms with Crippen molar-refractivity contribution in [3.63, 3.8) is 0 Å². The Morgan fingerprint density at radius 2 is 1.92 bits per heavy atom. The number of carbonyl (C=O) groups is 1. The topological polar surface area (TPSA) is 106 Å². The first-order valence-corrected chi connectivity index (χ1v) is 13.3. The Balaban J connectivity index is 1.61. The van der Waals surface area contributed by atoms with Gasteiger partial charge in [0, 0.05) is 24.2 Å². The molecule has 5 rings (SSSR count). The number of carboxylic acid groups (broad SMARTS) is 1. The molecule has 0 saturated heterocycles. The minimum atomic E-state index is -4.43. The average Bonchev–Trinajstić information content (AvgIpc) is 3.46. The minimum absolute atomic E-state index is 0.174. The predicted molar refractivity (Wildman–Crippen MR) is 138 cm³/mol. The summed E-state index contributed by atoms with van der Waals surface area (Å²) in [6.45, 7) is 4.88. The number of halogens is 3. The number of nitrogens with one attached hydrogen (secondary N) is 1. The van der Waals surface area contributed by atoms with Crippen molar-refractivity contribution < 1.29 is 23.1 Å². The fourth-order valence-corrected chi connectivity index (χ4v) is 5.30. The third kappa shape index (κ3) is 5.35. The van der Waals surface area contributed by atoms with Gasteiger partial charge >= 0.3 is 12.1 Å². The summed E-state index contributed by atoms with van der Waals surface area (Å²) in [5, 5.41) is 13.5. The van der Waals surface area contributed by atoms with Gasteiger partial charge in [0.15, 0.2) is 22.3 Å². The summed E-state index contributed by atoms with van der Waals surface area (Å²) in [5.74, 6) is 0.0153. The van der Waals surface area contributed by atoms with Crippen LogP contribution in [0.2, 0.25) is 0 Å². The fourth-order valence-electron chi connectivity index (χ4n) is 4.39. The highest BCUT2D eigenvalue weighted by Crippen LogP contribution is 2.35. The number of aromatic carboxylic acids is 1. The number of hydrogen-bond donors (Lipinski definition) is 2. The van der Waals surface area contributed by atoms with Crippen molar-refractivity contribution in [2.24, 2.45) is 5.92 Å². The molecular weight excluding hydrogens is 517 g/mol. The van der Waals surface area contributed by atoms with Gasteiger partial charge in [-0.3, -0.25) is 0 Å². The lowest BCUT2D eigenvalue weighted by Gasteiger charge is -2.25. The van der Waals surface area contributed by atoms with Gasteiger partial charge in [-0.25, -0.2) is 24.7 Å². The molecule has 200 valence electrons. The van der Waals surface area contributed by atoms with Crippen molar-refractivity contribution in [3.8, 4) is 10.8 Å². The van der Waals surface area contributed by atoms with E-state index in [-0.39, 0.29) is 23.9 Å². The van der Waals surface area contributed by atoms with E-state index in [2.05, 4.69) is 39.1 Å². The molecule has 38 heavy (non-hydrogen) atoms. The molecule has 1 fully saturated rings. The molecule has 0 spiro atoms. The molecule has 0 aliphatic heterocycles. The number of hydrogen-bond acceptors (Lipinski definition) is 7. The van der Waals surface area contributed by atoms with Crippen LogP contribution in [0.5, 0.6) is 0 Å². The van der Waals surface area contributed by atoms with E-state index in [1.54, 1.807) is 10.8 Å². The van der Waals surface area contributed by atoms with Crippen molar-refractivity contribution in [1.82, 2.24) is 24.5 Å². The third-order valence-corrected chi connectivity index (χ3v) is 8.06. The first-order valence-electron chi connectivity index (χ1n) is 12.5. The number of fused-ring (bicyclic) bond motifs is 1. The Hall–Kier alpha value is -3.54. The van der Waals surface area contributed by atoms with E-state index in [1.165, 1.54) is 42.7 Å². The highest BCUT2D eigenvalue weighted by Gasteiger charge is 2.30. The molecule has 3 aromatic heterocycles. The van der Waals surface area contributed by atoms with E-state index in [1.807, 2.05) is 0 Å². The summed E-state index contributed by atoms with van der Waals surface area (Å²) >= 11 is 1.46. The van der Waals surface area contributed by atoms with Gasteiger partial charge in [-0.2, -0.15) is 13.2 Å². The van der Waals surface area contributed by atoms with Gasteiger partial charge in [0.1, 0.15) is 5.52 Å². The second-order valence-corrected chi connectivity index (χ2v) is 10.9. The molecule has 1 saturated carbocycles. The number of rotatable bonds is 9. The quantitative estimate of drug-likeness (QED) is 0.250. The maximum atomic E-state index is 13.1. The molecule has 2 N–H and O–H groups in total. The third-order valence-electron chi connectivity index (χ3n) is 6.77. The minimum Gasteiger partial charge on any atom is -0.475 e. The fraction of sp³-hybridized carbons (Fsp3) is 0.423. The maximum absolute atomic E-state index is 13.1. The van der Waals surface area contributed by atoms with Gasteiger partial charge in [0.25, 0.3) is 0 Å². The average molecular weight is 545 g/mol. The molecule has 1 aliphatic carbocycles. The largest absolute Gasteiger partial charge is 0.475 e. The Bertz CT molecular complexity index is 1460. The van der Waals surface area contributed by atoms with Crippen molar-refractivity contribution in [2.45, 2.75) is 58.2 Å². The SMILES string of the molecule is CC(C)c1cnc(-c2nc3nc(C(=O)O)nc(NCCC4CCC4)c3n2Cc2ccc(C(F)(F)F)cc2)s1. The number of benzene rings is 1. The van der Waals surface area contributed by atoms with Gasteiger partial charge < -0.3 is 15.0 Å². The van der Waals surface area contributed by atoms with Gasteiger partial charge in [0.2, 0.25) is 5.82 Å². The summed E-state index contributed by atoms with van der Waals surface area (Å²) in [6.07, 6.45) is 1.86. The number of nitrogens with zero attached hydrogens (tertiary/aromatic N) is 5. The van der Waals surface area contributed by atoms with Gasteiger partial charge in [-0.05, 0) is 36.0 Å².